The molecule has 0 spiro atoms. The molecular formula is C19H26ClN3O4. The number of carbonyl (C=O) groups is 2. The molecule has 2 amide bonds. The van der Waals surface area contributed by atoms with Crippen LogP contribution in [0.2, 0.25) is 5.02 Å². The Kier molecular flexibility index (Phi) is 6.24. The molecule has 0 saturated carbocycles. The summed E-state index contributed by atoms with van der Waals surface area (Å²) in [5.41, 5.74) is 0.431. The van der Waals surface area contributed by atoms with Gasteiger partial charge < -0.3 is 19.7 Å². The van der Waals surface area contributed by atoms with E-state index in [1.807, 2.05) is 0 Å². The molecule has 1 N–H and O–H groups in total. The molecule has 2 heterocycles. The maximum Gasteiger partial charge on any atom is 0.255 e. The molecule has 7 nitrogen and oxygen atoms in total. The van der Waals surface area contributed by atoms with Crippen LogP contribution in [-0.4, -0.2) is 80.7 Å². The van der Waals surface area contributed by atoms with Gasteiger partial charge in [0.25, 0.3) is 5.91 Å². The van der Waals surface area contributed by atoms with Gasteiger partial charge in [-0.2, -0.15) is 0 Å². The highest BCUT2D eigenvalue weighted by molar-refractivity contribution is 6.31. The third-order valence-corrected chi connectivity index (χ3v) is 5.37. The number of fused-ring (bicyclic) bond motifs is 1. The molecule has 0 unspecified atom stereocenters. The number of hydrogen-bond donors (Lipinski definition) is 1. The zero-order chi connectivity index (χ0) is 19.6. The third-order valence-electron chi connectivity index (χ3n) is 5.13. The monoisotopic (exact) mass is 395 g/mol. The molecule has 2 saturated heterocycles. The van der Waals surface area contributed by atoms with E-state index in [4.69, 9.17) is 21.1 Å². The molecule has 3 atom stereocenters. The number of hydrogen-bond acceptors (Lipinski definition) is 5. The quantitative estimate of drug-likeness (QED) is 0.816. The lowest BCUT2D eigenvalue weighted by Crippen LogP contribution is -2.47. The first-order valence-electron chi connectivity index (χ1n) is 9.07. The summed E-state index contributed by atoms with van der Waals surface area (Å²) in [7, 11) is 5.03. The van der Waals surface area contributed by atoms with Crippen LogP contribution in [0.5, 0.6) is 5.75 Å². The predicted molar refractivity (Wildman–Crippen MR) is 102 cm³/mol. The topological polar surface area (TPSA) is 71.1 Å². The van der Waals surface area contributed by atoms with E-state index in [0.29, 0.717) is 35.9 Å². The highest BCUT2D eigenvalue weighted by atomic mass is 35.5. The van der Waals surface area contributed by atoms with Gasteiger partial charge in [0.2, 0.25) is 5.91 Å². The molecule has 0 aliphatic carbocycles. The first-order chi connectivity index (χ1) is 12.9. The van der Waals surface area contributed by atoms with E-state index < -0.39 is 0 Å². The van der Waals surface area contributed by atoms with Crippen LogP contribution in [0.1, 0.15) is 23.2 Å². The molecule has 8 heteroatoms. The van der Waals surface area contributed by atoms with Crippen molar-refractivity contribution in [1.29, 1.82) is 0 Å². The number of ether oxygens (including phenoxy) is 2. The highest BCUT2D eigenvalue weighted by Gasteiger charge is 2.38. The molecule has 2 aliphatic heterocycles. The summed E-state index contributed by atoms with van der Waals surface area (Å²) < 4.78 is 11.1. The van der Waals surface area contributed by atoms with Crippen LogP contribution < -0.4 is 10.1 Å². The Balaban J connectivity index is 1.58. The fraction of sp³-hybridized carbons (Fsp3) is 0.579. The fourth-order valence-electron chi connectivity index (χ4n) is 3.67. The van der Waals surface area contributed by atoms with Gasteiger partial charge in [-0.1, -0.05) is 11.6 Å². The van der Waals surface area contributed by atoms with Gasteiger partial charge in [0.15, 0.2) is 0 Å². The Hall–Kier alpha value is -1.83. The summed E-state index contributed by atoms with van der Waals surface area (Å²) in [6, 6.07) is 5.29. The molecule has 0 bridgehead atoms. The van der Waals surface area contributed by atoms with Crippen molar-refractivity contribution < 1.29 is 19.1 Å². The number of halogens is 1. The number of morpholine rings is 1. The Labute approximate surface area is 164 Å². The molecule has 1 aromatic rings. The largest absolute Gasteiger partial charge is 0.496 e. The molecule has 2 aliphatic rings. The minimum absolute atomic E-state index is 0.0260. The lowest BCUT2D eigenvalue weighted by Gasteiger charge is -2.35. The van der Waals surface area contributed by atoms with Crippen molar-refractivity contribution in [2.45, 2.75) is 31.0 Å². The van der Waals surface area contributed by atoms with Crippen molar-refractivity contribution in [2.24, 2.45) is 0 Å². The molecule has 148 valence electrons. The van der Waals surface area contributed by atoms with Crippen LogP contribution in [-0.2, 0) is 9.53 Å². The molecule has 1 aromatic carbocycles. The molecule has 0 radical (unpaired) electrons. The van der Waals surface area contributed by atoms with E-state index in [0.717, 1.165) is 13.0 Å². The summed E-state index contributed by atoms with van der Waals surface area (Å²) >= 11 is 6.02. The lowest BCUT2D eigenvalue weighted by atomic mass is 10.1. The normalized spacial score (nSPS) is 25.0. The Morgan fingerprint density at radius 3 is 2.85 bits per heavy atom. The van der Waals surface area contributed by atoms with E-state index >= 15 is 0 Å². The van der Waals surface area contributed by atoms with E-state index in [1.165, 1.54) is 7.11 Å². The van der Waals surface area contributed by atoms with E-state index in [-0.39, 0.29) is 30.0 Å². The van der Waals surface area contributed by atoms with Gasteiger partial charge in [0.1, 0.15) is 5.75 Å². The van der Waals surface area contributed by atoms with Crippen LogP contribution in [0.4, 0.5) is 0 Å². The van der Waals surface area contributed by atoms with E-state index in [1.54, 1.807) is 37.2 Å². The fourth-order valence-corrected chi connectivity index (χ4v) is 3.84. The highest BCUT2D eigenvalue weighted by Crippen LogP contribution is 2.26. The van der Waals surface area contributed by atoms with Crippen LogP contribution in [0.15, 0.2) is 18.2 Å². The average molecular weight is 396 g/mol. The van der Waals surface area contributed by atoms with Gasteiger partial charge in [-0.3, -0.25) is 14.5 Å². The minimum atomic E-state index is -0.195. The van der Waals surface area contributed by atoms with Crippen molar-refractivity contribution in [3.05, 3.63) is 28.8 Å². The number of amides is 2. The molecule has 3 rings (SSSR count). The van der Waals surface area contributed by atoms with Crippen molar-refractivity contribution in [3.8, 4) is 5.75 Å². The third kappa shape index (κ3) is 4.72. The Bertz CT molecular complexity index is 712. The number of methoxy groups -OCH3 is 1. The van der Waals surface area contributed by atoms with Crippen LogP contribution in [0, 0.1) is 0 Å². The summed E-state index contributed by atoms with van der Waals surface area (Å²) in [4.78, 5) is 28.5. The lowest BCUT2D eigenvalue weighted by molar-refractivity contribution is -0.134. The zero-order valence-electron chi connectivity index (χ0n) is 15.9. The number of nitrogens with one attached hydrogen (secondary N) is 1. The second-order valence-corrected chi connectivity index (χ2v) is 7.74. The maximum atomic E-state index is 12.7. The van der Waals surface area contributed by atoms with Gasteiger partial charge >= 0.3 is 0 Å². The standard InChI is InChI=1S/C19H26ClN3O4/c1-22(2)18(24)8-15-10-23-9-13(7-14(23)11-27-15)21-19(25)16-6-12(20)4-5-17(16)26-3/h4-6,13-15H,7-11H2,1-3H3,(H,21,25)/t13-,14-,15-/m0/s1. The van der Waals surface area contributed by atoms with Gasteiger partial charge in [-0.25, -0.2) is 0 Å². The van der Waals surface area contributed by atoms with Crippen molar-refractivity contribution in [1.82, 2.24) is 15.1 Å². The minimum Gasteiger partial charge on any atom is -0.496 e. The van der Waals surface area contributed by atoms with Crippen molar-refractivity contribution in [2.75, 3.05) is 40.9 Å². The van der Waals surface area contributed by atoms with E-state index in [9.17, 15) is 9.59 Å². The first-order valence-corrected chi connectivity index (χ1v) is 9.45. The van der Waals surface area contributed by atoms with Crippen molar-refractivity contribution in [3.63, 3.8) is 0 Å². The first kappa shape index (κ1) is 19.9. The Morgan fingerprint density at radius 2 is 2.15 bits per heavy atom. The van der Waals surface area contributed by atoms with Crippen LogP contribution in [0.25, 0.3) is 0 Å². The smallest absolute Gasteiger partial charge is 0.255 e. The SMILES string of the molecule is COc1ccc(Cl)cc1C(=O)N[C@H]1C[C@H]2CO[C@@H](CC(=O)N(C)C)CN2C1. The zero-order valence-corrected chi connectivity index (χ0v) is 16.7. The number of rotatable bonds is 5. The number of carbonyl (C=O) groups excluding carboxylic acids is 2. The van der Waals surface area contributed by atoms with Crippen molar-refractivity contribution >= 4 is 23.4 Å². The molecular weight excluding hydrogens is 370 g/mol. The molecule has 27 heavy (non-hydrogen) atoms. The van der Waals surface area contributed by atoms with Gasteiger partial charge in [-0.15, -0.1) is 0 Å². The predicted octanol–water partition coefficient (Wildman–Crippen LogP) is 1.40. The summed E-state index contributed by atoms with van der Waals surface area (Å²) in [6.45, 7) is 2.03. The summed E-state index contributed by atoms with van der Waals surface area (Å²) in [6.07, 6.45) is 1.11. The van der Waals surface area contributed by atoms with E-state index in [2.05, 4.69) is 10.2 Å². The second kappa shape index (κ2) is 8.46. The summed E-state index contributed by atoms with van der Waals surface area (Å²) in [5.74, 6) is 0.369. The maximum absolute atomic E-state index is 12.7. The van der Waals surface area contributed by atoms with Gasteiger partial charge in [-0.05, 0) is 24.6 Å². The molecule has 0 aromatic heterocycles. The molecule has 2 fully saturated rings. The van der Waals surface area contributed by atoms with Crippen LogP contribution in [0.3, 0.4) is 0 Å². The second-order valence-electron chi connectivity index (χ2n) is 7.31. The van der Waals surface area contributed by atoms with Gasteiger partial charge in [0, 0.05) is 44.3 Å². The average Bonchev–Trinajstić information content (AvgIpc) is 3.02. The van der Waals surface area contributed by atoms with Crippen LogP contribution >= 0.6 is 11.6 Å². The number of benzene rings is 1. The van der Waals surface area contributed by atoms with Gasteiger partial charge in [0.05, 0.1) is 31.8 Å². The summed E-state index contributed by atoms with van der Waals surface area (Å²) in [5, 5.41) is 3.57. The Morgan fingerprint density at radius 1 is 1.37 bits per heavy atom. The number of nitrogens with zero attached hydrogens (tertiary/aromatic N) is 2.